The maximum absolute atomic E-state index is 14.0. The molecule has 5 rings (SSSR count). The normalized spacial score (nSPS) is 15.9. The van der Waals surface area contributed by atoms with Crippen molar-refractivity contribution in [2.75, 3.05) is 9.80 Å². The number of anilines is 2. The van der Waals surface area contributed by atoms with Crippen molar-refractivity contribution in [2.24, 2.45) is 0 Å². The fraction of sp³-hybridized carbons (Fsp3) is 0.167. The molecule has 232 valence electrons. The van der Waals surface area contributed by atoms with Gasteiger partial charge in [0.1, 0.15) is 0 Å². The second-order valence-electron chi connectivity index (χ2n) is 11.3. The standard InChI is InChI=1S/C36H32N4O6/c1-24-4-13-29(14-5-24)38(36(42)21-12-28-9-17-31(18-10-28)40(45)46)34-23-26(3)37(33-22-25(2)6-19-32(33)34)35(41)20-11-27-7-15-30(16-8-27)39(43)44/h4-22,26,34H,23H2,1-3H3/b20-11+,21-12+/t26-,34-/m1/s1. The van der Waals surface area contributed by atoms with E-state index in [-0.39, 0.29) is 29.2 Å². The third-order valence-electron chi connectivity index (χ3n) is 7.95. The first-order chi connectivity index (χ1) is 22.0. The highest BCUT2D eigenvalue weighted by Crippen LogP contribution is 2.43. The molecule has 1 aliphatic heterocycles. The molecular weight excluding hydrogens is 584 g/mol. The molecule has 0 saturated heterocycles. The van der Waals surface area contributed by atoms with Crippen molar-refractivity contribution in [3.8, 4) is 0 Å². The van der Waals surface area contributed by atoms with Crippen LogP contribution in [0.1, 0.15) is 47.2 Å². The van der Waals surface area contributed by atoms with Crippen molar-refractivity contribution in [1.29, 1.82) is 0 Å². The van der Waals surface area contributed by atoms with Gasteiger partial charge in [-0.15, -0.1) is 0 Å². The Labute approximate surface area is 266 Å². The van der Waals surface area contributed by atoms with Crippen LogP contribution >= 0.6 is 0 Å². The zero-order valence-corrected chi connectivity index (χ0v) is 25.6. The van der Waals surface area contributed by atoms with Crippen LogP contribution in [0.3, 0.4) is 0 Å². The molecule has 1 aliphatic rings. The summed E-state index contributed by atoms with van der Waals surface area (Å²) in [6.45, 7) is 5.86. The van der Waals surface area contributed by atoms with Crippen molar-refractivity contribution in [2.45, 2.75) is 39.3 Å². The Balaban J connectivity index is 1.49. The minimum atomic E-state index is -0.472. The molecule has 1 heterocycles. The van der Waals surface area contributed by atoms with E-state index in [0.29, 0.717) is 28.9 Å². The van der Waals surface area contributed by atoms with Crippen LogP contribution in [0.25, 0.3) is 12.2 Å². The van der Waals surface area contributed by atoms with Gasteiger partial charge in [-0.1, -0.05) is 29.8 Å². The number of nitro groups is 2. The SMILES string of the molecule is Cc1ccc(N(C(=O)/C=C/c2ccc([N+](=O)[O-])cc2)[C@@H]2C[C@@H](C)N(C(=O)/C=C/c3ccc([N+](=O)[O-])cc3)c3cc(C)ccc32)cc1. The van der Waals surface area contributed by atoms with Crippen LogP contribution in [0.5, 0.6) is 0 Å². The van der Waals surface area contributed by atoms with Crippen LogP contribution < -0.4 is 9.80 Å². The van der Waals surface area contributed by atoms with E-state index in [1.807, 2.05) is 63.2 Å². The maximum atomic E-state index is 14.0. The average Bonchev–Trinajstić information content (AvgIpc) is 3.04. The van der Waals surface area contributed by atoms with Gasteiger partial charge < -0.3 is 9.80 Å². The highest BCUT2D eigenvalue weighted by Gasteiger charge is 2.38. The van der Waals surface area contributed by atoms with E-state index in [0.717, 1.165) is 16.7 Å². The summed E-state index contributed by atoms with van der Waals surface area (Å²) in [6.07, 6.45) is 6.64. The summed E-state index contributed by atoms with van der Waals surface area (Å²) in [5.41, 5.74) is 5.45. The van der Waals surface area contributed by atoms with Gasteiger partial charge in [0.25, 0.3) is 23.2 Å². The lowest BCUT2D eigenvalue weighted by Gasteiger charge is -2.43. The molecule has 0 fully saturated rings. The van der Waals surface area contributed by atoms with Gasteiger partial charge in [-0.2, -0.15) is 0 Å². The quantitative estimate of drug-likeness (QED) is 0.113. The molecule has 4 aromatic rings. The lowest BCUT2D eigenvalue weighted by molar-refractivity contribution is -0.385. The zero-order valence-electron chi connectivity index (χ0n) is 25.6. The Morgan fingerprint density at radius 2 is 1.28 bits per heavy atom. The number of carbonyl (C=O) groups excluding carboxylic acids is 2. The number of rotatable bonds is 8. The Bertz CT molecular complexity index is 1850. The maximum Gasteiger partial charge on any atom is 0.269 e. The van der Waals surface area contributed by atoms with Gasteiger partial charge in [0.2, 0.25) is 0 Å². The number of nitro benzene ring substituents is 2. The van der Waals surface area contributed by atoms with Gasteiger partial charge in [-0.3, -0.25) is 29.8 Å². The number of hydrogen-bond donors (Lipinski definition) is 0. The van der Waals surface area contributed by atoms with Gasteiger partial charge in [-0.05, 0) is 104 Å². The zero-order chi connectivity index (χ0) is 33.0. The van der Waals surface area contributed by atoms with Crippen molar-refractivity contribution < 1.29 is 19.4 Å². The summed E-state index contributed by atoms with van der Waals surface area (Å²) in [7, 11) is 0. The van der Waals surface area contributed by atoms with Crippen molar-refractivity contribution in [1.82, 2.24) is 0 Å². The Kier molecular flexibility index (Phi) is 9.18. The number of fused-ring (bicyclic) bond motifs is 1. The number of carbonyl (C=O) groups is 2. The lowest BCUT2D eigenvalue weighted by Crippen LogP contribution is -2.47. The Morgan fingerprint density at radius 3 is 1.83 bits per heavy atom. The summed E-state index contributed by atoms with van der Waals surface area (Å²) < 4.78 is 0. The van der Waals surface area contributed by atoms with Crippen molar-refractivity contribution >= 4 is 46.7 Å². The molecular formula is C36H32N4O6. The molecule has 2 atom stereocenters. The topological polar surface area (TPSA) is 127 Å². The molecule has 10 nitrogen and oxygen atoms in total. The van der Waals surface area contributed by atoms with Crippen LogP contribution in [-0.4, -0.2) is 27.7 Å². The third-order valence-corrected chi connectivity index (χ3v) is 7.95. The second-order valence-corrected chi connectivity index (χ2v) is 11.3. The number of amides is 2. The Morgan fingerprint density at radius 1 is 0.761 bits per heavy atom. The summed E-state index contributed by atoms with van der Waals surface area (Å²) in [6, 6.07) is 24.8. The van der Waals surface area contributed by atoms with Crippen LogP contribution in [0, 0.1) is 34.1 Å². The predicted molar refractivity (Wildman–Crippen MR) is 178 cm³/mol. The number of non-ortho nitro benzene ring substituents is 2. The monoisotopic (exact) mass is 616 g/mol. The highest BCUT2D eigenvalue weighted by molar-refractivity contribution is 6.07. The first-order valence-corrected chi connectivity index (χ1v) is 14.7. The highest BCUT2D eigenvalue weighted by atomic mass is 16.6. The molecule has 10 heteroatoms. The summed E-state index contributed by atoms with van der Waals surface area (Å²) in [5.74, 6) is -0.522. The molecule has 0 bridgehead atoms. The smallest absolute Gasteiger partial charge is 0.269 e. The molecule has 2 amide bonds. The van der Waals surface area contributed by atoms with E-state index in [1.165, 1.54) is 36.4 Å². The first-order valence-electron chi connectivity index (χ1n) is 14.7. The molecule has 0 N–H and O–H groups in total. The molecule has 0 aromatic heterocycles. The van der Waals surface area contributed by atoms with E-state index in [9.17, 15) is 29.8 Å². The molecule has 0 spiro atoms. The van der Waals surface area contributed by atoms with Gasteiger partial charge in [0.15, 0.2) is 0 Å². The number of aryl methyl sites for hydroxylation is 2. The fourth-order valence-electron chi connectivity index (χ4n) is 5.59. The molecule has 0 aliphatic carbocycles. The second kappa shape index (κ2) is 13.4. The largest absolute Gasteiger partial charge is 0.306 e. The summed E-state index contributed by atoms with van der Waals surface area (Å²) in [5, 5.41) is 22.0. The van der Waals surface area contributed by atoms with Crippen LogP contribution in [-0.2, 0) is 9.59 Å². The minimum absolute atomic E-state index is 0.0289. The average molecular weight is 617 g/mol. The van der Waals surface area contributed by atoms with E-state index >= 15 is 0 Å². The molecule has 46 heavy (non-hydrogen) atoms. The van der Waals surface area contributed by atoms with E-state index < -0.39 is 15.9 Å². The van der Waals surface area contributed by atoms with Gasteiger partial charge in [0.05, 0.1) is 15.9 Å². The Hall–Kier alpha value is -5.90. The molecule has 0 saturated carbocycles. The minimum Gasteiger partial charge on any atom is -0.306 e. The first kappa shape index (κ1) is 31.5. The summed E-state index contributed by atoms with van der Waals surface area (Å²) in [4.78, 5) is 52.2. The van der Waals surface area contributed by atoms with Crippen LogP contribution in [0.15, 0.2) is 103 Å². The third kappa shape index (κ3) is 6.91. The van der Waals surface area contributed by atoms with Crippen LogP contribution in [0.4, 0.5) is 22.7 Å². The van der Waals surface area contributed by atoms with Gasteiger partial charge in [0, 0.05) is 53.8 Å². The van der Waals surface area contributed by atoms with Crippen molar-refractivity contribution in [3.05, 3.63) is 151 Å². The van der Waals surface area contributed by atoms with Crippen molar-refractivity contribution in [3.63, 3.8) is 0 Å². The van der Waals surface area contributed by atoms with E-state index in [1.54, 1.807) is 46.2 Å². The van der Waals surface area contributed by atoms with E-state index in [2.05, 4.69) is 0 Å². The molecule has 0 unspecified atom stereocenters. The number of nitrogens with zero attached hydrogens (tertiary/aromatic N) is 4. The number of hydrogen-bond acceptors (Lipinski definition) is 6. The van der Waals surface area contributed by atoms with Gasteiger partial charge >= 0.3 is 0 Å². The van der Waals surface area contributed by atoms with E-state index in [4.69, 9.17) is 0 Å². The fourth-order valence-corrected chi connectivity index (χ4v) is 5.59. The molecule has 0 radical (unpaired) electrons. The van der Waals surface area contributed by atoms with Gasteiger partial charge in [-0.25, -0.2) is 0 Å². The molecule has 4 aromatic carbocycles. The predicted octanol–water partition coefficient (Wildman–Crippen LogP) is 7.75. The van der Waals surface area contributed by atoms with Crippen LogP contribution in [0.2, 0.25) is 0 Å². The lowest BCUT2D eigenvalue weighted by atomic mass is 9.88. The summed E-state index contributed by atoms with van der Waals surface area (Å²) >= 11 is 0. The number of benzene rings is 4.